The van der Waals surface area contributed by atoms with Crippen LogP contribution in [0.3, 0.4) is 0 Å². The zero-order valence-electron chi connectivity index (χ0n) is 13.4. The number of anilines is 1. The van der Waals surface area contributed by atoms with Crippen molar-refractivity contribution < 1.29 is 24.5 Å². The minimum absolute atomic E-state index is 0.117. The van der Waals surface area contributed by atoms with Crippen molar-refractivity contribution >= 4 is 29.0 Å². The number of hydrogen-bond donors (Lipinski definition) is 3. The molecule has 1 saturated carbocycles. The number of aliphatic hydroxyl groups excluding tert-OH is 2. The fourth-order valence-corrected chi connectivity index (χ4v) is 3.87. The van der Waals surface area contributed by atoms with Crippen LogP contribution in [0.4, 0.5) is 5.69 Å². The van der Waals surface area contributed by atoms with E-state index in [1.165, 1.54) is 7.11 Å². The van der Waals surface area contributed by atoms with Crippen molar-refractivity contribution in [3.05, 3.63) is 24.3 Å². The molecule has 1 aromatic rings. The van der Waals surface area contributed by atoms with Crippen LogP contribution in [0.2, 0.25) is 0 Å². The maximum absolute atomic E-state index is 12.2. The van der Waals surface area contributed by atoms with Crippen LogP contribution in [-0.4, -0.2) is 59.8 Å². The molecule has 1 aromatic carbocycles. The molecule has 7 nitrogen and oxygen atoms in total. The first-order valence-electron chi connectivity index (χ1n) is 7.65. The number of rotatable bonds is 3. The number of nitrogens with one attached hydrogen (secondary N) is 1. The van der Waals surface area contributed by atoms with E-state index in [0.29, 0.717) is 10.9 Å². The SMILES string of the molecule is COC(=O)[C@@H]1C[C@@H](O)[C@H](O)[C@@H]2NC(=S)N(c3ccc(OC)cc3)[C@H]21. The van der Waals surface area contributed by atoms with Gasteiger partial charge in [0.2, 0.25) is 0 Å². The van der Waals surface area contributed by atoms with E-state index < -0.39 is 36.2 Å². The molecule has 1 aliphatic carbocycles. The molecule has 1 aliphatic heterocycles. The van der Waals surface area contributed by atoms with Gasteiger partial charge in [-0.15, -0.1) is 0 Å². The normalized spacial score (nSPS) is 32.1. The Kier molecular flexibility index (Phi) is 4.62. The molecule has 0 aromatic heterocycles. The smallest absolute Gasteiger partial charge is 0.310 e. The second-order valence-electron chi connectivity index (χ2n) is 5.96. The van der Waals surface area contributed by atoms with Crippen LogP contribution in [0.25, 0.3) is 0 Å². The minimum Gasteiger partial charge on any atom is -0.497 e. The molecule has 1 heterocycles. The van der Waals surface area contributed by atoms with Gasteiger partial charge in [0.05, 0.1) is 38.3 Å². The van der Waals surface area contributed by atoms with Crippen molar-refractivity contribution in [3.8, 4) is 5.75 Å². The summed E-state index contributed by atoms with van der Waals surface area (Å²) in [4.78, 5) is 14.0. The topological polar surface area (TPSA) is 91.3 Å². The maximum Gasteiger partial charge on any atom is 0.310 e. The lowest BCUT2D eigenvalue weighted by Crippen LogP contribution is -2.59. The lowest BCUT2D eigenvalue weighted by molar-refractivity contribution is -0.151. The van der Waals surface area contributed by atoms with Crippen LogP contribution in [0, 0.1) is 5.92 Å². The van der Waals surface area contributed by atoms with Gasteiger partial charge < -0.3 is 29.9 Å². The maximum atomic E-state index is 12.2. The van der Waals surface area contributed by atoms with E-state index in [9.17, 15) is 15.0 Å². The minimum atomic E-state index is -1.02. The van der Waals surface area contributed by atoms with Gasteiger partial charge in [-0.1, -0.05) is 0 Å². The molecule has 0 spiro atoms. The average Bonchev–Trinajstić information content (AvgIpc) is 2.95. The number of benzene rings is 1. The number of thiocarbonyl (C=S) groups is 1. The molecule has 8 heteroatoms. The highest BCUT2D eigenvalue weighted by molar-refractivity contribution is 7.80. The number of aliphatic hydroxyl groups is 2. The van der Waals surface area contributed by atoms with Gasteiger partial charge in [0.25, 0.3) is 0 Å². The van der Waals surface area contributed by atoms with Crippen LogP contribution in [0.5, 0.6) is 5.75 Å². The van der Waals surface area contributed by atoms with E-state index in [1.54, 1.807) is 24.1 Å². The van der Waals surface area contributed by atoms with Crippen molar-refractivity contribution in [3.63, 3.8) is 0 Å². The molecule has 3 N–H and O–H groups in total. The molecule has 0 bridgehead atoms. The highest BCUT2D eigenvalue weighted by Gasteiger charge is 2.54. The molecule has 5 atom stereocenters. The molecule has 0 unspecified atom stereocenters. The van der Waals surface area contributed by atoms with Gasteiger partial charge >= 0.3 is 5.97 Å². The molecule has 1 saturated heterocycles. The Morgan fingerprint density at radius 1 is 1.29 bits per heavy atom. The summed E-state index contributed by atoms with van der Waals surface area (Å²) in [5.74, 6) is -0.327. The second kappa shape index (κ2) is 6.54. The number of nitrogens with zero attached hydrogens (tertiary/aromatic N) is 1. The van der Waals surface area contributed by atoms with E-state index >= 15 is 0 Å². The Balaban J connectivity index is 1.98. The van der Waals surface area contributed by atoms with Crippen LogP contribution in [-0.2, 0) is 9.53 Å². The molecule has 2 aliphatic rings. The third-order valence-electron chi connectivity index (χ3n) is 4.70. The summed E-state index contributed by atoms with van der Waals surface area (Å²) in [7, 11) is 2.90. The first-order valence-corrected chi connectivity index (χ1v) is 8.06. The number of carbonyl (C=O) groups is 1. The van der Waals surface area contributed by atoms with Crippen LogP contribution >= 0.6 is 12.2 Å². The summed E-state index contributed by atoms with van der Waals surface area (Å²) in [5.41, 5.74) is 0.776. The molecule has 3 rings (SSSR count). The molecule has 0 amide bonds. The zero-order chi connectivity index (χ0) is 17.4. The van der Waals surface area contributed by atoms with Gasteiger partial charge in [-0.3, -0.25) is 4.79 Å². The van der Waals surface area contributed by atoms with E-state index in [2.05, 4.69) is 5.32 Å². The van der Waals surface area contributed by atoms with E-state index in [-0.39, 0.29) is 6.42 Å². The van der Waals surface area contributed by atoms with Gasteiger partial charge in [0.1, 0.15) is 11.9 Å². The summed E-state index contributed by atoms with van der Waals surface area (Å²) < 4.78 is 10.0. The molecule has 2 fully saturated rings. The lowest BCUT2D eigenvalue weighted by Gasteiger charge is -2.40. The molecule has 130 valence electrons. The summed E-state index contributed by atoms with van der Waals surface area (Å²) in [5, 5.41) is 23.8. The van der Waals surface area contributed by atoms with Gasteiger partial charge in [0.15, 0.2) is 5.11 Å². The largest absolute Gasteiger partial charge is 0.497 e. The molecular formula is C16H20N2O5S. The highest BCUT2D eigenvalue weighted by Crippen LogP contribution is 2.37. The summed E-state index contributed by atoms with van der Waals surface area (Å²) >= 11 is 5.40. The number of methoxy groups -OCH3 is 2. The standard InChI is InChI=1S/C16H20N2O5S/c1-22-9-5-3-8(4-6-9)18-13-10(15(21)23-2)7-11(19)14(20)12(13)17-16(18)24/h3-6,10-14,19-20H,7H2,1-2H3,(H,17,24)/t10-,11-,12-,13+,14+/m1/s1. The summed E-state index contributed by atoms with van der Waals surface area (Å²) in [6.45, 7) is 0. The predicted octanol–water partition coefficient (Wildman–Crippen LogP) is 0.0416. The Hall–Kier alpha value is -1.90. The third kappa shape index (κ3) is 2.70. The van der Waals surface area contributed by atoms with Crippen molar-refractivity contribution in [2.24, 2.45) is 5.92 Å². The molecule has 24 heavy (non-hydrogen) atoms. The van der Waals surface area contributed by atoms with Crippen molar-refractivity contribution in [1.29, 1.82) is 0 Å². The quantitative estimate of drug-likeness (QED) is 0.519. The Morgan fingerprint density at radius 3 is 2.54 bits per heavy atom. The number of fused-ring (bicyclic) bond motifs is 1. The number of ether oxygens (including phenoxy) is 2. The van der Waals surface area contributed by atoms with Gasteiger partial charge in [-0.05, 0) is 42.9 Å². The van der Waals surface area contributed by atoms with Gasteiger partial charge in [0, 0.05) is 5.69 Å². The second-order valence-corrected chi connectivity index (χ2v) is 6.34. The Morgan fingerprint density at radius 2 is 1.96 bits per heavy atom. The Bertz CT molecular complexity index is 638. The van der Waals surface area contributed by atoms with E-state index in [4.69, 9.17) is 21.7 Å². The van der Waals surface area contributed by atoms with Crippen LogP contribution in [0.15, 0.2) is 24.3 Å². The van der Waals surface area contributed by atoms with Crippen molar-refractivity contribution in [2.45, 2.75) is 30.7 Å². The highest BCUT2D eigenvalue weighted by atomic mass is 32.1. The van der Waals surface area contributed by atoms with Crippen LogP contribution in [0.1, 0.15) is 6.42 Å². The number of hydrogen-bond acceptors (Lipinski definition) is 6. The number of esters is 1. The van der Waals surface area contributed by atoms with Gasteiger partial charge in [-0.25, -0.2) is 0 Å². The monoisotopic (exact) mass is 352 g/mol. The van der Waals surface area contributed by atoms with Crippen LogP contribution < -0.4 is 15.0 Å². The Labute approximate surface area is 145 Å². The zero-order valence-corrected chi connectivity index (χ0v) is 14.2. The fraction of sp³-hybridized carbons (Fsp3) is 0.500. The lowest BCUT2D eigenvalue weighted by atomic mass is 9.77. The van der Waals surface area contributed by atoms with Crippen molar-refractivity contribution in [1.82, 2.24) is 5.32 Å². The van der Waals surface area contributed by atoms with E-state index in [0.717, 1.165) is 5.69 Å². The van der Waals surface area contributed by atoms with E-state index in [1.807, 2.05) is 12.1 Å². The third-order valence-corrected chi connectivity index (χ3v) is 5.01. The fourth-order valence-electron chi connectivity index (χ4n) is 3.51. The number of carbonyl (C=O) groups excluding carboxylic acids is 1. The average molecular weight is 352 g/mol. The van der Waals surface area contributed by atoms with Gasteiger partial charge in [-0.2, -0.15) is 0 Å². The molecular weight excluding hydrogens is 332 g/mol. The summed E-state index contributed by atoms with van der Waals surface area (Å²) in [6.07, 6.45) is -1.91. The summed E-state index contributed by atoms with van der Waals surface area (Å²) in [6, 6.07) is 6.28. The van der Waals surface area contributed by atoms with Crippen molar-refractivity contribution in [2.75, 3.05) is 19.1 Å². The predicted molar refractivity (Wildman–Crippen MR) is 90.9 cm³/mol. The first-order chi connectivity index (χ1) is 11.5. The molecule has 0 radical (unpaired) electrons. The first kappa shape index (κ1) is 16.9.